The lowest BCUT2D eigenvalue weighted by Crippen LogP contribution is -2.43. The Morgan fingerprint density at radius 3 is 2.68 bits per heavy atom. The summed E-state index contributed by atoms with van der Waals surface area (Å²) in [6, 6.07) is 8.97. The van der Waals surface area contributed by atoms with E-state index >= 15 is 4.39 Å². The average molecular weight is 601 g/mol. The fourth-order valence-electron chi connectivity index (χ4n) is 7.93. The van der Waals surface area contributed by atoms with Gasteiger partial charge in [-0.05, 0) is 54.6 Å². The first-order valence-electron chi connectivity index (χ1n) is 15.1. The molecule has 4 aromatic rings. The fraction of sp³-hybridized carbons (Fsp3) is 0.412. The standard InChI is InChI=1S/C34H31F3N4O3/c1-2-24-28(36)7-4-19-10-23(42)11-27(29(19)24)25-5-6-26-31(30(25)37)38-33(39-32(26)40-13-20-16-43-17-21(20)14-40)44-18-34-8-3-9-41(34)15-22(35)12-34/h1,4-7,10-11,20-22,42H,3,8-9,12-18H2. The maximum Gasteiger partial charge on any atom is 0.319 e. The summed E-state index contributed by atoms with van der Waals surface area (Å²) in [6.45, 7) is 4.19. The number of hydrogen-bond acceptors (Lipinski definition) is 7. The number of fused-ring (bicyclic) bond motifs is 4. The van der Waals surface area contributed by atoms with Gasteiger partial charge in [-0.25, -0.2) is 13.2 Å². The topological polar surface area (TPSA) is 71.0 Å². The molecule has 7 nitrogen and oxygen atoms in total. The first kappa shape index (κ1) is 27.5. The maximum atomic E-state index is 16.8. The lowest BCUT2D eigenvalue weighted by molar-refractivity contribution is 0.107. The molecule has 5 heterocycles. The normalized spacial score (nSPS) is 26.4. The summed E-state index contributed by atoms with van der Waals surface area (Å²) < 4.78 is 57.9. The summed E-state index contributed by atoms with van der Waals surface area (Å²) in [5.74, 6) is 2.29. The van der Waals surface area contributed by atoms with Gasteiger partial charge in [-0.3, -0.25) is 4.90 Å². The van der Waals surface area contributed by atoms with Crippen molar-refractivity contribution in [3.8, 4) is 35.2 Å². The molecule has 0 spiro atoms. The van der Waals surface area contributed by atoms with Crippen LogP contribution < -0.4 is 9.64 Å². The molecule has 4 saturated heterocycles. The van der Waals surface area contributed by atoms with Crippen LogP contribution in [0.1, 0.15) is 24.8 Å². The van der Waals surface area contributed by atoms with Crippen molar-refractivity contribution in [2.45, 2.75) is 31.0 Å². The number of benzene rings is 3. The lowest BCUT2D eigenvalue weighted by Gasteiger charge is -2.31. The number of aromatic hydroxyl groups is 1. The van der Waals surface area contributed by atoms with Gasteiger partial charge in [0.1, 0.15) is 35.7 Å². The van der Waals surface area contributed by atoms with E-state index in [-0.39, 0.29) is 40.6 Å². The van der Waals surface area contributed by atoms with Gasteiger partial charge in [-0.15, -0.1) is 6.42 Å². The Bertz CT molecular complexity index is 1850. The SMILES string of the molecule is C#Cc1c(F)ccc2cc(O)cc(-c3ccc4c(N5CC6COCC6C5)nc(OCC56CCCN5CC(F)C6)nc4c3F)c12. The van der Waals surface area contributed by atoms with Crippen molar-refractivity contribution >= 4 is 27.5 Å². The third-order valence-electron chi connectivity index (χ3n) is 10.0. The minimum absolute atomic E-state index is 0.0154. The summed E-state index contributed by atoms with van der Waals surface area (Å²) in [7, 11) is 0. The average Bonchev–Trinajstić information content (AvgIpc) is 3.77. The zero-order valence-electron chi connectivity index (χ0n) is 24.0. The van der Waals surface area contributed by atoms with Crippen molar-refractivity contribution in [1.29, 1.82) is 0 Å². The number of aromatic nitrogens is 2. The van der Waals surface area contributed by atoms with Gasteiger partial charge >= 0.3 is 6.01 Å². The highest BCUT2D eigenvalue weighted by Crippen LogP contribution is 2.43. The van der Waals surface area contributed by atoms with Crippen LogP contribution in [-0.4, -0.2) is 77.7 Å². The summed E-state index contributed by atoms with van der Waals surface area (Å²) in [5, 5.41) is 11.8. The number of alkyl halides is 1. The molecule has 3 aromatic carbocycles. The van der Waals surface area contributed by atoms with Crippen LogP contribution in [0.5, 0.6) is 11.8 Å². The highest BCUT2D eigenvalue weighted by atomic mass is 19.1. The van der Waals surface area contributed by atoms with E-state index in [1.807, 2.05) is 0 Å². The molecule has 0 amide bonds. The third kappa shape index (κ3) is 4.28. The van der Waals surface area contributed by atoms with Crippen LogP contribution in [0.3, 0.4) is 0 Å². The second kappa shape index (κ2) is 10.2. The molecule has 1 aromatic heterocycles. The van der Waals surface area contributed by atoms with Gasteiger partial charge in [0.05, 0.1) is 24.3 Å². The zero-order chi connectivity index (χ0) is 30.2. The van der Waals surface area contributed by atoms with Gasteiger partial charge in [0, 0.05) is 54.2 Å². The van der Waals surface area contributed by atoms with Crippen molar-refractivity contribution in [3.05, 3.63) is 53.6 Å². The van der Waals surface area contributed by atoms with Gasteiger partial charge in [-0.2, -0.15) is 9.97 Å². The number of rotatable bonds is 5. The first-order chi connectivity index (χ1) is 21.3. The van der Waals surface area contributed by atoms with Crippen molar-refractivity contribution in [1.82, 2.24) is 14.9 Å². The molecule has 226 valence electrons. The molecule has 4 aliphatic rings. The van der Waals surface area contributed by atoms with E-state index in [0.29, 0.717) is 73.1 Å². The van der Waals surface area contributed by atoms with E-state index < -0.39 is 23.3 Å². The van der Waals surface area contributed by atoms with E-state index in [2.05, 4.69) is 20.7 Å². The second-order valence-electron chi connectivity index (χ2n) is 12.6. The smallest absolute Gasteiger partial charge is 0.319 e. The lowest BCUT2D eigenvalue weighted by atomic mass is 9.93. The molecule has 10 heteroatoms. The van der Waals surface area contributed by atoms with Crippen molar-refractivity contribution in [2.24, 2.45) is 11.8 Å². The van der Waals surface area contributed by atoms with Gasteiger partial charge in [0.25, 0.3) is 0 Å². The molecule has 0 radical (unpaired) electrons. The number of ether oxygens (including phenoxy) is 2. The highest BCUT2D eigenvalue weighted by molar-refractivity contribution is 6.04. The third-order valence-corrected chi connectivity index (χ3v) is 10.0. The number of terminal acetylenes is 1. The summed E-state index contributed by atoms with van der Waals surface area (Å²) >= 11 is 0. The first-order valence-corrected chi connectivity index (χ1v) is 15.1. The summed E-state index contributed by atoms with van der Waals surface area (Å²) in [6.07, 6.45) is 6.95. The molecule has 8 rings (SSSR count). The van der Waals surface area contributed by atoms with Crippen LogP contribution in [0.2, 0.25) is 0 Å². The predicted octanol–water partition coefficient (Wildman–Crippen LogP) is 5.45. The molecule has 0 saturated carbocycles. The number of phenols is 1. The number of nitrogens with zero attached hydrogens (tertiary/aromatic N) is 4. The number of hydrogen-bond donors (Lipinski definition) is 1. The molecular formula is C34H31F3N4O3. The van der Waals surface area contributed by atoms with Crippen LogP contribution in [-0.2, 0) is 4.74 Å². The van der Waals surface area contributed by atoms with Crippen LogP contribution in [0, 0.1) is 35.8 Å². The summed E-state index contributed by atoms with van der Waals surface area (Å²) in [5.41, 5.74) is -0.0294. The highest BCUT2D eigenvalue weighted by Gasteiger charge is 2.49. The second-order valence-corrected chi connectivity index (χ2v) is 12.6. The zero-order valence-corrected chi connectivity index (χ0v) is 24.0. The molecule has 4 aliphatic heterocycles. The Kier molecular flexibility index (Phi) is 6.40. The molecule has 4 unspecified atom stereocenters. The Balaban J connectivity index is 1.27. The largest absolute Gasteiger partial charge is 0.508 e. The van der Waals surface area contributed by atoms with Crippen molar-refractivity contribution < 1.29 is 27.8 Å². The van der Waals surface area contributed by atoms with Gasteiger partial charge in [-0.1, -0.05) is 18.1 Å². The van der Waals surface area contributed by atoms with Crippen molar-refractivity contribution in [2.75, 3.05) is 50.9 Å². The van der Waals surface area contributed by atoms with Gasteiger partial charge in [0.2, 0.25) is 0 Å². The minimum Gasteiger partial charge on any atom is -0.508 e. The van der Waals surface area contributed by atoms with E-state index in [1.54, 1.807) is 12.1 Å². The molecular weight excluding hydrogens is 569 g/mol. The monoisotopic (exact) mass is 600 g/mol. The maximum absolute atomic E-state index is 16.8. The minimum atomic E-state index is -0.909. The Labute approximate surface area is 252 Å². The number of halogens is 3. The van der Waals surface area contributed by atoms with E-state index in [1.165, 1.54) is 24.3 Å². The van der Waals surface area contributed by atoms with Gasteiger partial charge in [0.15, 0.2) is 5.82 Å². The van der Waals surface area contributed by atoms with Crippen molar-refractivity contribution in [3.63, 3.8) is 0 Å². The molecule has 1 N–H and O–H groups in total. The van der Waals surface area contributed by atoms with Crippen LogP contribution in [0.15, 0.2) is 36.4 Å². The summed E-state index contributed by atoms with van der Waals surface area (Å²) in [4.78, 5) is 13.7. The van der Waals surface area contributed by atoms with Crippen LogP contribution in [0.4, 0.5) is 19.0 Å². The van der Waals surface area contributed by atoms with E-state index in [0.717, 1.165) is 19.4 Å². The van der Waals surface area contributed by atoms with E-state index in [4.69, 9.17) is 20.9 Å². The van der Waals surface area contributed by atoms with Crippen LogP contribution in [0.25, 0.3) is 32.8 Å². The van der Waals surface area contributed by atoms with E-state index in [9.17, 15) is 13.9 Å². The molecule has 0 aliphatic carbocycles. The Morgan fingerprint density at radius 2 is 1.89 bits per heavy atom. The predicted molar refractivity (Wildman–Crippen MR) is 161 cm³/mol. The van der Waals surface area contributed by atoms with Crippen LogP contribution >= 0.6 is 0 Å². The molecule has 4 fully saturated rings. The number of anilines is 1. The Morgan fingerprint density at radius 1 is 1.07 bits per heavy atom. The Hall–Kier alpha value is -4.07. The molecule has 44 heavy (non-hydrogen) atoms. The quantitative estimate of drug-likeness (QED) is 0.306. The number of phenolic OH excluding ortho intramolecular Hbond substituents is 1. The van der Waals surface area contributed by atoms with Gasteiger partial charge < -0.3 is 19.5 Å². The fourth-order valence-corrected chi connectivity index (χ4v) is 7.93. The molecule has 4 atom stereocenters. The molecule has 0 bridgehead atoms.